The zero-order chi connectivity index (χ0) is 17.7. The van der Waals surface area contributed by atoms with Gasteiger partial charge in [-0.2, -0.15) is 0 Å². The molecule has 132 valence electrons. The lowest BCUT2D eigenvalue weighted by molar-refractivity contribution is 0.0476. The van der Waals surface area contributed by atoms with Crippen molar-refractivity contribution in [1.82, 2.24) is 9.88 Å². The molecule has 2 aromatic rings. The summed E-state index contributed by atoms with van der Waals surface area (Å²) in [7, 11) is 3.86. The van der Waals surface area contributed by atoms with Crippen molar-refractivity contribution in [3.63, 3.8) is 0 Å². The van der Waals surface area contributed by atoms with Crippen molar-refractivity contribution in [3.8, 4) is 11.5 Å². The van der Waals surface area contributed by atoms with Gasteiger partial charge in [-0.25, -0.2) is 4.79 Å². The van der Waals surface area contributed by atoms with Crippen LogP contribution < -0.4 is 9.47 Å². The molecule has 0 amide bonds. The Morgan fingerprint density at radius 3 is 2.62 bits per heavy atom. The zero-order valence-corrected chi connectivity index (χ0v) is 15.0. The molecule has 0 radical (unpaired) electrons. The van der Waals surface area contributed by atoms with Gasteiger partial charge in [-0.05, 0) is 40.9 Å². The topological polar surface area (TPSA) is 63.8 Å². The number of benzene rings is 1. The van der Waals surface area contributed by atoms with Gasteiger partial charge in [0.15, 0.2) is 0 Å². The van der Waals surface area contributed by atoms with E-state index in [1.165, 1.54) is 0 Å². The number of nitrogens with one attached hydrogen (secondary N) is 1. The fourth-order valence-electron chi connectivity index (χ4n) is 2.29. The summed E-state index contributed by atoms with van der Waals surface area (Å²) in [5.74, 6) is 1.02. The highest BCUT2D eigenvalue weighted by Gasteiger charge is 2.16. The molecule has 0 aliphatic rings. The molecule has 6 nitrogen and oxygen atoms in total. The Balaban J connectivity index is 2.28. The Bertz CT molecular complexity index is 692. The number of aromatic nitrogens is 1. The number of fused-ring (bicyclic) bond motifs is 1. The number of likely N-dealkylation sites (N-methyl/N-ethyl adjacent to an activating group) is 1. The molecule has 1 N–H and O–H groups in total. The van der Waals surface area contributed by atoms with Gasteiger partial charge in [-0.3, -0.25) is 0 Å². The Kier molecular flexibility index (Phi) is 6.09. The van der Waals surface area contributed by atoms with Crippen LogP contribution in [0.2, 0.25) is 0 Å². The van der Waals surface area contributed by atoms with Gasteiger partial charge in [0, 0.05) is 24.1 Å². The highest BCUT2D eigenvalue weighted by molar-refractivity contribution is 5.97. The lowest BCUT2D eigenvalue weighted by atomic mass is 10.2. The van der Waals surface area contributed by atoms with E-state index >= 15 is 0 Å². The Labute approximate surface area is 142 Å². The van der Waals surface area contributed by atoms with Crippen LogP contribution >= 0.6 is 0 Å². The summed E-state index contributed by atoms with van der Waals surface area (Å²) >= 11 is 0. The molecule has 0 saturated heterocycles. The molecule has 0 fully saturated rings. The number of aromatic amines is 1. The molecule has 1 aromatic carbocycles. The van der Waals surface area contributed by atoms with Crippen molar-refractivity contribution in [1.29, 1.82) is 0 Å². The molecule has 0 saturated carbocycles. The van der Waals surface area contributed by atoms with Crippen LogP contribution in [0.15, 0.2) is 18.2 Å². The zero-order valence-electron chi connectivity index (χ0n) is 15.0. The van der Waals surface area contributed by atoms with E-state index in [0.29, 0.717) is 37.0 Å². The molecule has 0 bridgehead atoms. The van der Waals surface area contributed by atoms with Crippen molar-refractivity contribution in [3.05, 3.63) is 23.9 Å². The SMILES string of the molecule is CCOc1cc(OC(C)C)c2cc(C(=O)OCCN(C)C)[nH]c2c1. The largest absolute Gasteiger partial charge is 0.494 e. The van der Waals surface area contributed by atoms with E-state index in [0.717, 1.165) is 10.9 Å². The second-order valence-electron chi connectivity index (χ2n) is 6.10. The normalized spacial score (nSPS) is 11.3. The van der Waals surface area contributed by atoms with E-state index in [2.05, 4.69) is 4.98 Å². The quantitative estimate of drug-likeness (QED) is 0.752. The third-order valence-electron chi connectivity index (χ3n) is 3.34. The molecular weight excluding hydrogens is 308 g/mol. The van der Waals surface area contributed by atoms with Gasteiger partial charge in [-0.1, -0.05) is 0 Å². The van der Waals surface area contributed by atoms with Gasteiger partial charge < -0.3 is 24.1 Å². The smallest absolute Gasteiger partial charge is 0.354 e. The van der Waals surface area contributed by atoms with Crippen LogP contribution in [0.3, 0.4) is 0 Å². The lowest BCUT2D eigenvalue weighted by Gasteiger charge is -2.12. The van der Waals surface area contributed by atoms with Crippen LogP contribution in [0.25, 0.3) is 10.9 Å². The average molecular weight is 334 g/mol. The highest BCUT2D eigenvalue weighted by Crippen LogP contribution is 2.32. The van der Waals surface area contributed by atoms with Crippen molar-refractivity contribution in [2.75, 3.05) is 33.9 Å². The number of esters is 1. The summed E-state index contributed by atoms with van der Waals surface area (Å²) in [6, 6.07) is 5.48. The van der Waals surface area contributed by atoms with Crippen molar-refractivity contribution < 1.29 is 19.0 Å². The van der Waals surface area contributed by atoms with E-state index < -0.39 is 0 Å². The van der Waals surface area contributed by atoms with Gasteiger partial charge in [-0.15, -0.1) is 0 Å². The average Bonchev–Trinajstić information content (AvgIpc) is 2.91. The second kappa shape index (κ2) is 8.06. The van der Waals surface area contributed by atoms with E-state index in [1.54, 1.807) is 6.07 Å². The number of hydrogen-bond acceptors (Lipinski definition) is 5. The Morgan fingerprint density at radius 2 is 2.00 bits per heavy atom. The minimum atomic E-state index is -0.374. The fraction of sp³-hybridized carbons (Fsp3) is 0.500. The van der Waals surface area contributed by atoms with E-state index in [9.17, 15) is 4.79 Å². The third kappa shape index (κ3) is 4.64. The van der Waals surface area contributed by atoms with E-state index in [-0.39, 0.29) is 12.1 Å². The second-order valence-corrected chi connectivity index (χ2v) is 6.10. The minimum Gasteiger partial charge on any atom is -0.494 e. The molecule has 6 heteroatoms. The lowest BCUT2D eigenvalue weighted by Crippen LogP contribution is -2.20. The molecule has 24 heavy (non-hydrogen) atoms. The number of ether oxygens (including phenoxy) is 3. The first-order valence-corrected chi connectivity index (χ1v) is 8.18. The molecular formula is C18H26N2O4. The van der Waals surface area contributed by atoms with Crippen molar-refractivity contribution in [2.24, 2.45) is 0 Å². The monoisotopic (exact) mass is 334 g/mol. The number of H-pyrrole nitrogens is 1. The first-order valence-electron chi connectivity index (χ1n) is 8.18. The number of hydrogen-bond donors (Lipinski definition) is 1. The first kappa shape index (κ1) is 18.1. The van der Waals surface area contributed by atoms with Crippen LogP contribution in [-0.2, 0) is 4.74 Å². The van der Waals surface area contributed by atoms with Crippen LogP contribution in [0.4, 0.5) is 0 Å². The minimum absolute atomic E-state index is 0.0236. The summed E-state index contributed by atoms with van der Waals surface area (Å²) in [5, 5.41) is 0.840. The van der Waals surface area contributed by atoms with Gasteiger partial charge >= 0.3 is 5.97 Å². The number of rotatable bonds is 8. The van der Waals surface area contributed by atoms with Gasteiger partial charge in [0.05, 0.1) is 18.2 Å². The maximum absolute atomic E-state index is 12.2. The molecule has 0 unspecified atom stereocenters. The standard InChI is InChI=1S/C18H26N2O4/c1-6-22-13-9-15-14(17(10-13)24-12(2)3)11-16(19-15)18(21)23-8-7-20(4)5/h9-12,19H,6-8H2,1-5H3. The molecule has 0 atom stereocenters. The first-order chi connectivity index (χ1) is 11.4. The predicted octanol–water partition coefficient (Wildman–Crippen LogP) is 3.07. The molecule has 0 spiro atoms. The van der Waals surface area contributed by atoms with Gasteiger partial charge in [0.1, 0.15) is 23.8 Å². The van der Waals surface area contributed by atoms with Crippen molar-refractivity contribution in [2.45, 2.75) is 26.9 Å². The number of carbonyl (C=O) groups is 1. The summed E-state index contributed by atoms with van der Waals surface area (Å²) < 4.78 is 16.7. The van der Waals surface area contributed by atoms with E-state index in [1.807, 2.05) is 51.9 Å². The highest BCUT2D eigenvalue weighted by atomic mass is 16.5. The molecule has 0 aliphatic heterocycles. The van der Waals surface area contributed by atoms with Crippen LogP contribution in [0.5, 0.6) is 11.5 Å². The summed E-state index contributed by atoms with van der Waals surface area (Å²) in [5.41, 5.74) is 1.20. The summed E-state index contributed by atoms with van der Waals surface area (Å²) in [6.45, 7) is 7.44. The molecule has 1 heterocycles. The number of nitrogens with zero attached hydrogens (tertiary/aromatic N) is 1. The number of carbonyl (C=O) groups excluding carboxylic acids is 1. The van der Waals surface area contributed by atoms with Crippen LogP contribution in [0, 0.1) is 0 Å². The van der Waals surface area contributed by atoms with Crippen molar-refractivity contribution >= 4 is 16.9 Å². The Hall–Kier alpha value is -2.21. The third-order valence-corrected chi connectivity index (χ3v) is 3.34. The van der Waals surface area contributed by atoms with Gasteiger partial charge in [0.2, 0.25) is 0 Å². The van der Waals surface area contributed by atoms with Gasteiger partial charge in [0.25, 0.3) is 0 Å². The molecule has 0 aliphatic carbocycles. The predicted molar refractivity (Wildman–Crippen MR) is 94.1 cm³/mol. The fourth-order valence-corrected chi connectivity index (χ4v) is 2.29. The maximum atomic E-state index is 12.2. The maximum Gasteiger partial charge on any atom is 0.354 e. The van der Waals surface area contributed by atoms with E-state index in [4.69, 9.17) is 14.2 Å². The summed E-state index contributed by atoms with van der Waals surface area (Å²) in [4.78, 5) is 17.3. The molecule has 2 rings (SSSR count). The Morgan fingerprint density at radius 1 is 1.25 bits per heavy atom. The summed E-state index contributed by atoms with van der Waals surface area (Å²) in [6.07, 6.45) is 0.0236. The molecule has 1 aromatic heterocycles. The van der Waals surface area contributed by atoms with Crippen LogP contribution in [-0.4, -0.2) is 55.8 Å². The van der Waals surface area contributed by atoms with Crippen LogP contribution in [0.1, 0.15) is 31.3 Å².